The molecule has 2 unspecified atom stereocenters. The van der Waals surface area contributed by atoms with Gasteiger partial charge in [0, 0.05) is 7.11 Å². The van der Waals surface area contributed by atoms with Crippen molar-refractivity contribution in [2.75, 3.05) is 7.11 Å². The Balaban J connectivity index is 2.09. The Bertz CT molecular complexity index is 546. The van der Waals surface area contributed by atoms with E-state index in [-0.39, 0.29) is 12.4 Å². The highest BCUT2D eigenvalue weighted by Crippen LogP contribution is 2.40. The van der Waals surface area contributed by atoms with Gasteiger partial charge in [-0.25, -0.2) is 0 Å². The van der Waals surface area contributed by atoms with Crippen LogP contribution >= 0.6 is 0 Å². The lowest BCUT2D eigenvalue weighted by Crippen LogP contribution is -2.25. The predicted molar refractivity (Wildman–Crippen MR) is 97.3 cm³/mol. The Morgan fingerprint density at radius 2 is 2.09 bits per heavy atom. The van der Waals surface area contributed by atoms with Gasteiger partial charge < -0.3 is 9.47 Å². The minimum absolute atomic E-state index is 0.101. The number of hydrogen-bond donors (Lipinski definition) is 0. The Morgan fingerprint density at radius 1 is 1.35 bits per heavy atom. The molecule has 128 valence electrons. The predicted octanol–water partition coefficient (Wildman–Crippen LogP) is 5.72. The Morgan fingerprint density at radius 3 is 2.74 bits per heavy atom. The molecule has 0 N–H and O–H groups in total. The quantitative estimate of drug-likeness (QED) is 0.487. The Kier molecular flexibility index (Phi) is 6.05. The normalized spacial score (nSPS) is 29.1. The van der Waals surface area contributed by atoms with Gasteiger partial charge in [-0.2, -0.15) is 0 Å². The van der Waals surface area contributed by atoms with Gasteiger partial charge in [0.25, 0.3) is 0 Å². The molecule has 1 aliphatic heterocycles. The summed E-state index contributed by atoms with van der Waals surface area (Å²) in [6, 6.07) is 0. The first kappa shape index (κ1) is 18.2. The molecule has 1 aliphatic carbocycles. The van der Waals surface area contributed by atoms with Crippen LogP contribution in [-0.4, -0.2) is 19.5 Å². The molecule has 0 saturated carbocycles. The van der Waals surface area contributed by atoms with Crippen LogP contribution in [0.25, 0.3) is 0 Å². The van der Waals surface area contributed by atoms with Crippen LogP contribution in [0.3, 0.4) is 0 Å². The van der Waals surface area contributed by atoms with Crippen LogP contribution in [0.15, 0.2) is 46.6 Å². The standard InChI is InChI=1S/C21H32O2/c1-15(12-18-13-16(2)14-20(22-6)23-18)9-10-19-17(3)8-7-11-21(19,4)5/h9-10,12,14,18,20H,7-8,11,13H2,1-6H3/b10-9+,15-12+. The van der Waals surface area contributed by atoms with Crippen LogP contribution in [0.5, 0.6) is 0 Å². The third-order valence-electron chi connectivity index (χ3n) is 4.99. The molecule has 2 atom stereocenters. The zero-order valence-corrected chi connectivity index (χ0v) is 15.6. The molecule has 0 aromatic carbocycles. The minimum Gasteiger partial charge on any atom is -0.352 e. The number of hydrogen-bond acceptors (Lipinski definition) is 2. The van der Waals surface area contributed by atoms with E-state index in [4.69, 9.17) is 9.47 Å². The first-order valence-electron chi connectivity index (χ1n) is 8.74. The van der Waals surface area contributed by atoms with Crippen LogP contribution in [0, 0.1) is 5.41 Å². The maximum atomic E-state index is 5.91. The van der Waals surface area contributed by atoms with Crippen molar-refractivity contribution in [3.05, 3.63) is 46.6 Å². The summed E-state index contributed by atoms with van der Waals surface area (Å²) < 4.78 is 11.2. The Labute approximate surface area is 141 Å². The van der Waals surface area contributed by atoms with E-state index in [2.05, 4.69) is 52.8 Å². The van der Waals surface area contributed by atoms with Crippen molar-refractivity contribution in [3.8, 4) is 0 Å². The second kappa shape index (κ2) is 7.63. The van der Waals surface area contributed by atoms with Crippen LogP contribution < -0.4 is 0 Å². The van der Waals surface area contributed by atoms with Gasteiger partial charge in [0.05, 0.1) is 6.10 Å². The number of allylic oxidation sites excluding steroid dienone is 5. The van der Waals surface area contributed by atoms with E-state index in [0.717, 1.165) is 6.42 Å². The molecule has 0 spiro atoms. The zero-order chi connectivity index (χ0) is 17.0. The van der Waals surface area contributed by atoms with Gasteiger partial charge in [-0.15, -0.1) is 0 Å². The molecule has 1 heterocycles. The summed E-state index contributed by atoms with van der Waals surface area (Å²) in [7, 11) is 1.69. The number of ether oxygens (including phenoxy) is 2. The monoisotopic (exact) mass is 316 g/mol. The summed E-state index contributed by atoms with van der Waals surface area (Å²) in [6.45, 7) is 11.3. The number of rotatable bonds is 4. The lowest BCUT2D eigenvalue weighted by atomic mass is 9.72. The van der Waals surface area contributed by atoms with Gasteiger partial charge in [0.15, 0.2) is 6.29 Å². The van der Waals surface area contributed by atoms with Crippen LogP contribution in [0.1, 0.15) is 60.3 Å². The van der Waals surface area contributed by atoms with Crippen molar-refractivity contribution in [1.82, 2.24) is 0 Å². The molecule has 2 heteroatoms. The fourth-order valence-electron chi connectivity index (χ4n) is 3.67. The van der Waals surface area contributed by atoms with E-state index in [1.165, 1.54) is 41.6 Å². The molecule has 0 radical (unpaired) electrons. The van der Waals surface area contributed by atoms with Gasteiger partial charge in [-0.1, -0.05) is 48.8 Å². The van der Waals surface area contributed by atoms with Crippen molar-refractivity contribution in [3.63, 3.8) is 0 Å². The SMILES string of the molecule is COC1C=C(C)CC(/C=C(C)/C=C/C2=C(C)CCCC2(C)C)O1. The molecule has 0 fully saturated rings. The average molecular weight is 316 g/mol. The van der Waals surface area contributed by atoms with Crippen molar-refractivity contribution in [2.24, 2.45) is 5.41 Å². The topological polar surface area (TPSA) is 18.5 Å². The highest BCUT2D eigenvalue weighted by atomic mass is 16.7. The third kappa shape index (κ3) is 4.92. The van der Waals surface area contributed by atoms with Crippen LogP contribution in [0.2, 0.25) is 0 Å². The molecule has 2 aliphatic rings. The second-order valence-electron chi connectivity index (χ2n) is 7.67. The van der Waals surface area contributed by atoms with E-state index in [9.17, 15) is 0 Å². The summed E-state index contributed by atoms with van der Waals surface area (Å²) in [6.07, 6.45) is 13.5. The Hall–Kier alpha value is -1.12. The van der Waals surface area contributed by atoms with E-state index in [1.807, 2.05) is 6.08 Å². The molecule has 0 aromatic rings. The first-order valence-corrected chi connectivity index (χ1v) is 8.74. The fraction of sp³-hybridized carbons (Fsp3) is 0.619. The van der Waals surface area contributed by atoms with E-state index >= 15 is 0 Å². The van der Waals surface area contributed by atoms with Gasteiger partial charge >= 0.3 is 0 Å². The maximum absolute atomic E-state index is 5.91. The summed E-state index contributed by atoms with van der Waals surface area (Å²) in [5.41, 5.74) is 5.92. The lowest BCUT2D eigenvalue weighted by molar-refractivity contribution is -0.119. The number of methoxy groups -OCH3 is 1. The zero-order valence-electron chi connectivity index (χ0n) is 15.6. The average Bonchev–Trinajstić information content (AvgIpc) is 2.45. The molecule has 0 bridgehead atoms. The molecule has 0 amide bonds. The van der Waals surface area contributed by atoms with Gasteiger partial charge in [0.2, 0.25) is 0 Å². The highest BCUT2D eigenvalue weighted by Gasteiger charge is 2.26. The first-order chi connectivity index (χ1) is 10.8. The largest absolute Gasteiger partial charge is 0.352 e. The smallest absolute Gasteiger partial charge is 0.177 e. The fourth-order valence-corrected chi connectivity index (χ4v) is 3.67. The minimum atomic E-state index is -0.219. The summed E-state index contributed by atoms with van der Waals surface area (Å²) in [5, 5.41) is 0. The maximum Gasteiger partial charge on any atom is 0.177 e. The van der Waals surface area contributed by atoms with E-state index in [0.29, 0.717) is 5.41 Å². The molecule has 23 heavy (non-hydrogen) atoms. The van der Waals surface area contributed by atoms with Gasteiger partial charge in [-0.05, 0) is 63.5 Å². The van der Waals surface area contributed by atoms with E-state index < -0.39 is 0 Å². The molecule has 2 rings (SSSR count). The molecular formula is C21H32O2. The van der Waals surface area contributed by atoms with Crippen LogP contribution in [0.4, 0.5) is 0 Å². The molecule has 0 aromatic heterocycles. The summed E-state index contributed by atoms with van der Waals surface area (Å²) in [4.78, 5) is 0. The van der Waals surface area contributed by atoms with Crippen molar-refractivity contribution in [1.29, 1.82) is 0 Å². The highest BCUT2D eigenvalue weighted by molar-refractivity contribution is 5.36. The third-order valence-corrected chi connectivity index (χ3v) is 4.99. The van der Waals surface area contributed by atoms with Crippen molar-refractivity contribution < 1.29 is 9.47 Å². The molecular weight excluding hydrogens is 284 g/mol. The molecule has 2 nitrogen and oxygen atoms in total. The van der Waals surface area contributed by atoms with Crippen LogP contribution in [-0.2, 0) is 9.47 Å². The molecule has 0 saturated heterocycles. The van der Waals surface area contributed by atoms with Gasteiger partial charge in [0.1, 0.15) is 0 Å². The lowest BCUT2D eigenvalue weighted by Gasteiger charge is -2.33. The summed E-state index contributed by atoms with van der Waals surface area (Å²) >= 11 is 0. The second-order valence-corrected chi connectivity index (χ2v) is 7.67. The summed E-state index contributed by atoms with van der Waals surface area (Å²) in [5.74, 6) is 0. The van der Waals surface area contributed by atoms with E-state index in [1.54, 1.807) is 7.11 Å². The van der Waals surface area contributed by atoms with Crippen molar-refractivity contribution in [2.45, 2.75) is 72.7 Å². The van der Waals surface area contributed by atoms with Gasteiger partial charge in [-0.3, -0.25) is 0 Å². The van der Waals surface area contributed by atoms with Crippen molar-refractivity contribution >= 4 is 0 Å².